The Hall–Kier alpha value is -1.60. The molecule has 0 saturated carbocycles. The first kappa shape index (κ1) is 23.6. The lowest BCUT2D eigenvalue weighted by atomic mass is 9.88. The first-order valence-corrected chi connectivity index (χ1v) is 12.4. The van der Waals surface area contributed by atoms with E-state index >= 15 is 0 Å². The van der Waals surface area contributed by atoms with E-state index in [1.165, 1.54) is 4.90 Å². The Kier molecular flexibility index (Phi) is 6.87. The van der Waals surface area contributed by atoms with Crippen molar-refractivity contribution < 1.29 is 9.59 Å². The maximum absolute atomic E-state index is 13.9. The Balaban J connectivity index is 1.74. The molecule has 2 saturated heterocycles. The zero-order valence-corrected chi connectivity index (χ0v) is 21.3. The molecule has 3 amide bonds. The van der Waals surface area contributed by atoms with Crippen LogP contribution in [0, 0.1) is 0 Å². The maximum atomic E-state index is 13.9. The van der Waals surface area contributed by atoms with Crippen LogP contribution in [0.25, 0.3) is 0 Å². The van der Waals surface area contributed by atoms with Gasteiger partial charge in [0.05, 0.1) is 5.69 Å². The molecule has 0 N–H and O–H groups in total. The Bertz CT molecular complexity index is 1000. The fourth-order valence-corrected chi connectivity index (χ4v) is 5.64. The quantitative estimate of drug-likeness (QED) is 0.438. The normalized spacial score (nSPS) is 22.8. The second-order valence-corrected chi connectivity index (χ2v) is 10.5. The number of urea groups is 1. The van der Waals surface area contributed by atoms with E-state index in [0.717, 1.165) is 42.5 Å². The molecule has 2 aromatic carbocycles. The molecule has 5 nitrogen and oxygen atoms in total. The van der Waals surface area contributed by atoms with E-state index in [2.05, 4.69) is 27.8 Å². The molecule has 32 heavy (non-hydrogen) atoms. The molecule has 170 valence electrons. The number of imide groups is 1. The largest absolute Gasteiger partial charge is 0.332 e. The number of anilines is 1. The zero-order valence-electron chi connectivity index (χ0n) is 18.2. The average Bonchev–Trinajstić information content (AvgIpc) is 2.94. The average molecular weight is 539 g/mol. The van der Waals surface area contributed by atoms with Crippen molar-refractivity contribution in [2.24, 2.45) is 0 Å². The molecule has 2 aliphatic heterocycles. The highest BCUT2D eigenvalue weighted by Crippen LogP contribution is 2.40. The standard InChI is InChI=1S/C24H26BrCl2N3O2/c1-3-28-10-8-20(9-11-28)30-23(32)29(21-13-18(26)12-19(27)14-21)22(31)24(30,2)15-16-4-6-17(25)7-5-16/h4-7,12-14,20H,3,8-11,15H2,1-2H3. The lowest BCUT2D eigenvalue weighted by molar-refractivity contribution is -0.125. The van der Waals surface area contributed by atoms with Gasteiger partial charge in [0.1, 0.15) is 5.54 Å². The minimum Gasteiger partial charge on any atom is -0.306 e. The Morgan fingerprint density at radius 3 is 2.19 bits per heavy atom. The van der Waals surface area contributed by atoms with Gasteiger partial charge in [-0.05, 0) is 62.2 Å². The molecule has 0 aliphatic carbocycles. The summed E-state index contributed by atoms with van der Waals surface area (Å²) in [6, 6.07) is 12.4. The zero-order chi connectivity index (χ0) is 23.0. The first-order chi connectivity index (χ1) is 15.2. The molecular weight excluding hydrogens is 513 g/mol. The van der Waals surface area contributed by atoms with Crippen LogP contribution in [0.2, 0.25) is 10.0 Å². The lowest BCUT2D eigenvalue weighted by Gasteiger charge is -2.42. The fraction of sp³-hybridized carbons (Fsp3) is 0.417. The molecule has 2 aromatic rings. The van der Waals surface area contributed by atoms with Gasteiger partial charge in [0, 0.05) is 40.1 Å². The summed E-state index contributed by atoms with van der Waals surface area (Å²) in [6.45, 7) is 6.84. The number of hydrogen-bond donors (Lipinski definition) is 0. The minimum atomic E-state index is -1.00. The Morgan fingerprint density at radius 1 is 1.03 bits per heavy atom. The van der Waals surface area contributed by atoms with Gasteiger partial charge >= 0.3 is 6.03 Å². The van der Waals surface area contributed by atoms with Crippen molar-refractivity contribution in [1.29, 1.82) is 0 Å². The minimum absolute atomic E-state index is 0.00523. The summed E-state index contributed by atoms with van der Waals surface area (Å²) >= 11 is 15.9. The number of likely N-dealkylation sites (tertiary alicyclic amines) is 1. The highest BCUT2D eigenvalue weighted by molar-refractivity contribution is 9.10. The van der Waals surface area contributed by atoms with Gasteiger partial charge in [0.2, 0.25) is 0 Å². The topological polar surface area (TPSA) is 43.9 Å². The van der Waals surface area contributed by atoms with Crippen molar-refractivity contribution in [3.8, 4) is 0 Å². The van der Waals surface area contributed by atoms with Crippen molar-refractivity contribution >= 4 is 56.8 Å². The van der Waals surface area contributed by atoms with Gasteiger partial charge in [-0.1, -0.05) is 58.2 Å². The molecule has 0 radical (unpaired) electrons. The second-order valence-electron chi connectivity index (χ2n) is 8.66. The van der Waals surface area contributed by atoms with Crippen LogP contribution >= 0.6 is 39.1 Å². The third-order valence-electron chi connectivity index (χ3n) is 6.53. The molecule has 2 fully saturated rings. The van der Waals surface area contributed by atoms with Gasteiger partial charge in [-0.3, -0.25) is 4.79 Å². The number of hydrogen-bond acceptors (Lipinski definition) is 3. The maximum Gasteiger partial charge on any atom is 0.332 e. The van der Waals surface area contributed by atoms with Gasteiger partial charge < -0.3 is 9.80 Å². The van der Waals surface area contributed by atoms with Crippen molar-refractivity contribution in [3.05, 3.63) is 62.5 Å². The van der Waals surface area contributed by atoms with E-state index in [9.17, 15) is 9.59 Å². The van der Waals surface area contributed by atoms with Crippen LogP contribution < -0.4 is 4.90 Å². The van der Waals surface area contributed by atoms with Crippen molar-refractivity contribution in [3.63, 3.8) is 0 Å². The third-order valence-corrected chi connectivity index (χ3v) is 7.49. The molecule has 2 heterocycles. The number of halogens is 3. The SMILES string of the molecule is CCN1CCC(N2C(=O)N(c3cc(Cl)cc(Cl)c3)C(=O)C2(C)Cc2ccc(Br)cc2)CC1. The van der Waals surface area contributed by atoms with E-state index in [0.29, 0.717) is 22.2 Å². The molecule has 1 atom stereocenters. The molecule has 0 aromatic heterocycles. The Morgan fingerprint density at radius 2 is 1.62 bits per heavy atom. The van der Waals surface area contributed by atoms with Crippen LogP contribution in [-0.4, -0.2) is 53.0 Å². The van der Waals surface area contributed by atoms with Gasteiger partial charge in [0.25, 0.3) is 5.91 Å². The van der Waals surface area contributed by atoms with Crippen molar-refractivity contribution in [2.75, 3.05) is 24.5 Å². The third kappa shape index (κ3) is 4.43. The number of carbonyl (C=O) groups excluding carboxylic acids is 2. The first-order valence-electron chi connectivity index (χ1n) is 10.8. The number of rotatable bonds is 5. The fourth-order valence-electron chi connectivity index (χ4n) is 4.86. The van der Waals surface area contributed by atoms with Gasteiger partial charge in [-0.25, -0.2) is 9.69 Å². The van der Waals surface area contributed by atoms with E-state index < -0.39 is 5.54 Å². The van der Waals surface area contributed by atoms with Crippen LogP contribution in [0.4, 0.5) is 10.5 Å². The summed E-state index contributed by atoms with van der Waals surface area (Å²) in [6.07, 6.45) is 2.11. The van der Waals surface area contributed by atoms with E-state index in [4.69, 9.17) is 23.2 Å². The molecule has 2 aliphatic rings. The van der Waals surface area contributed by atoms with Crippen LogP contribution in [0.5, 0.6) is 0 Å². The highest BCUT2D eigenvalue weighted by Gasteiger charge is 2.57. The molecule has 0 spiro atoms. The Labute approximate surface area is 207 Å². The summed E-state index contributed by atoms with van der Waals surface area (Å²) in [5, 5.41) is 0.773. The van der Waals surface area contributed by atoms with Crippen LogP contribution in [0.3, 0.4) is 0 Å². The van der Waals surface area contributed by atoms with Crippen LogP contribution in [0.15, 0.2) is 46.9 Å². The van der Waals surface area contributed by atoms with E-state index in [1.807, 2.05) is 36.1 Å². The second kappa shape index (κ2) is 9.34. The summed E-state index contributed by atoms with van der Waals surface area (Å²) in [5.41, 5.74) is 0.408. The monoisotopic (exact) mass is 537 g/mol. The number of benzene rings is 2. The lowest BCUT2D eigenvalue weighted by Crippen LogP contribution is -2.56. The summed E-state index contributed by atoms with van der Waals surface area (Å²) in [7, 11) is 0. The summed E-state index contributed by atoms with van der Waals surface area (Å²) in [4.78, 5) is 33.1. The molecule has 8 heteroatoms. The molecule has 1 unspecified atom stereocenters. The number of nitrogens with zero attached hydrogens (tertiary/aromatic N) is 3. The molecule has 4 rings (SSSR count). The van der Waals surface area contributed by atoms with Gasteiger partial charge in [-0.2, -0.15) is 0 Å². The number of piperidine rings is 1. The van der Waals surface area contributed by atoms with Crippen LogP contribution in [-0.2, 0) is 11.2 Å². The number of carbonyl (C=O) groups is 2. The van der Waals surface area contributed by atoms with Gasteiger partial charge in [0.15, 0.2) is 0 Å². The predicted octanol–water partition coefficient (Wildman–Crippen LogP) is 6.01. The molecule has 0 bridgehead atoms. The van der Waals surface area contributed by atoms with Crippen LogP contribution in [0.1, 0.15) is 32.3 Å². The highest BCUT2D eigenvalue weighted by atomic mass is 79.9. The van der Waals surface area contributed by atoms with Crippen molar-refractivity contribution in [1.82, 2.24) is 9.80 Å². The van der Waals surface area contributed by atoms with Gasteiger partial charge in [-0.15, -0.1) is 0 Å². The van der Waals surface area contributed by atoms with Crippen molar-refractivity contribution in [2.45, 2.75) is 44.7 Å². The smallest absolute Gasteiger partial charge is 0.306 e. The summed E-state index contributed by atoms with van der Waals surface area (Å²) in [5.74, 6) is -0.248. The predicted molar refractivity (Wildman–Crippen MR) is 133 cm³/mol. The van der Waals surface area contributed by atoms with E-state index in [-0.39, 0.29) is 18.0 Å². The van der Waals surface area contributed by atoms with E-state index in [1.54, 1.807) is 18.2 Å². The number of amides is 3. The molecular formula is C24H26BrCl2N3O2. The summed E-state index contributed by atoms with van der Waals surface area (Å²) < 4.78 is 0.971.